The van der Waals surface area contributed by atoms with Gasteiger partial charge in [-0.15, -0.1) is 0 Å². The molecule has 2 rings (SSSR count). The highest BCUT2D eigenvalue weighted by molar-refractivity contribution is 6.06. The van der Waals surface area contributed by atoms with E-state index < -0.39 is 10.8 Å². The first-order valence-corrected chi connectivity index (χ1v) is 8.69. The molecule has 1 aromatic carbocycles. The van der Waals surface area contributed by atoms with Gasteiger partial charge in [-0.05, 0) is 52.7 Å². The van der Waals surface area contributed by atoms with Crippen LogP contribution in [0.25, 0.3) is 0 Å². The first-order chi connectivity index (χ1) is 12.5. The molecule has 27 heavy (non-hydrogen) atoms. The zero-order chi connectivity index (χ0) is 20.4. The van der Waals surface area contributed by atoms with Gasteiger partial charge in [0, 0.05) is 41.1 Å². The molecule has 1 aliphatic rings. The number of nitro groups is 1. The molecular weight excluding hydrogens is 346 g/mol. The molecule has 8 nitrogen and oxygen atoms in total. The SMILES string of the molecule is CC1(C)CC(N)CC(C)(C)N1/C=C(/C#N)C(=O)Nc1ccc([N+](=O)[O-])cc1. The number of nitro benzene ring substituents is 1. The van der Waals surface area contributed by atoms with Crippen molar-refractivity contribution >= 4 is 17.3 Å². The summed E-state index contributed by atoms with van der Waals surface area (Å²) in [5.74, 6) is -0.562. The van der Waals surface area contributed by atoms with Gasteiger partial charge in [0.2, 0.25) is 0 Å². The van der Waals surface area contributed by atoms with Crippen LogP contribution in [-0.4, -0.2) is 32.9 Å². The van der Waals surface area contributed by atoms with Gasteiger partial charge in [0.1, 0.15) is 11.6 Å². The van der Waals surface area contributed by atoms with E-state index in [2.05, 4.69) is 5.32 Å². The summed E-state index contributed by atoms with van der Waals surface area (Å²) in [6.07, 6.45) is 3.08. The fraction of sp³-hybridized carbons (Fsp3) is 0.474. The van der Waals surface area contributed by atoms with Gasteiger partial charge in [-0.2, -0.15) is 5.26 Å². The lowest BCUT2D eigenvalue weighted by Crippen LogP contribution is -2.61. The molecule has 1 saturated heterocycles. The molecule has 0 spiro atoms. The van der Waals surface area contributed by atoms with E-state index in [1.165, 1.54) is 24.3 Å². The van der Waals surface area contributed by atoms with Crippen molar-refractivity contribution in [1.29, 1.82) is 5.26 Å². The number of nitriles is 1. The standard InChI is InChI=1S/C19H25N5O3/c1-18(2)9-14(21)10-19(3,4)23(18)12-13(11-20)17(25)22-15-5-7-16(8-6-15)24(26)27/h5-8,12,14H,9-10,21H2,1-4H3,(H,22,25)/b13-12-. The quantitative estimate of drug-likeness (QED) is 0.363. The Balaban J connectivity index is 2.25. The van der Waals surface area contributed by atoms with Gasteiger partial charge in [-0.3, -0.25) is 14.9 Å². The molecule has 0 saturated carbocycles. The number of benzene rings is 1. The molecule has 0 radical (unpaired) electrons. The van der Waals surface area contributed by atoms with Gasteiger partial charge in [-0.1, -0.05) is 0 Å². The molecule has 1 heterocycles. The molecule has 0 bridgehead atoms. The fourth-order valence-corrected chi connectivity index (χ4v) is 3.85. The third-order valence-electron chi connectivity index (χ3n) is 4.79. The topological polar surface area (TPSA) is 125 Å². The summed E-state index contributed by atoms with van der Waals surface area (Å²) in [7, 11) is 0. The number of nitrogens with one attached hydrogen (secondary N) is 1. The van der Waals surface area contributed by atoms with Crippen LogP contribution in [0.4, 0.5) is 11.4 Å². The Morgan fingerprint density at radius 1 is 1.30 bits per heavy atom. The number of rotatable bonds is 4. The molecule has 0 unspecified atom stereocenters. The van der Waals surface area contributed by atoms with Crippen molar-refractivity contribution in [2.75, 3.05) is 5.32 Å². The van der Waals surface area contributed by atoms with Gasteiger partial charge in [0.25, 0.3) is 11.6 Å². The van der Waals surface area contributed by atoms with E-state index >= 15 is 0 Å². The van der Waals surface area contributed by atoms with Gasteiger partial charge in [0.05, 0.1) is 4.92 Å². The molecule has 8 heteroatoms. The summed E-state index contributed by atoms with van der Waals surface area (Å²) in [6.45, 7) is 8.14. The second kappa shape index (κ2) is 7.37. The van der Waals surface area contributed by atoms with Gasteiger partial charge in [-0.25, -0.2) is 0 Å². The first-order valence-electron chi connectivity index (χ1n) is 8.69. The van der Waals surface area contributed by atoms with Gasteiger partial charge in [0.15, 0.2) is 0 Å². The average molecular weight is 371 g/mol. The Morgan fingerprint density at radius 3 is 2.26 bits per heavy atom. The molecule has 0 atom stereocenters. The summed E-state index contributed by atoms with van der Waals surface area (Å²) in [5.41, 5.74) is 5.82. The van der Waals surface area contributed by atoms with Crippen LogP contribution in [0.15, 0.2) is 36.0 Å². The van der Waals surface area contributed by atoms with E-state index in [1.54, 1.807) is 6.20 Å². The van der Waals surface area contributed by atoms with Crippen LogP contribution in [-0.2, 0) is 4.79 Å². The number of nitrogens with zero attached hydrogens (tertiary/aromatic N) is 3. The third kappa shape index (κ3) is 4.63. The Kier molecular flexibility index (Phi) is 5.56. The van der Waals surface area contributed by atoms with Crippen molar-refractivity contribution in [2.45, 2.75) is 57.7 Å². The predicted molar refractivity (Wildman–Crippen MR) is 103 cm³/mol. The van der Waals surface area contributed by atoms with Crippen molar-refractivity contribution in [3.8, 4) is 6.07 Å². The average Bonchev–Trinajstić information content (AvgIpc) is 2.53. The molecule has 1 amide bonds. The third-order valence-corrected chi connectivity index (χ3v) is 4.79. The van der Waals surface area contributed by atoms with E-state index in [1.807, 2.05) is 38.7 Å². The van der Waals surface area contributed by atoms with E-state index in [0.717, 1.165) is 12.8 Å². The number of carbonyl (C=O) groups excluding carboxylic acids is 1. The number of hydrogen-bond donors (Lipinski definition) is 2. The van der Waals surface area contributed by atoms with E-state index in [0.29, 0.717) is 5.69 Å². The van der Waals surface area contributed by atoms with E-state index in [4.69, 9.17) is 5.73 Å². The number of non-ortho nitro benzene ring substituents is 1. The number of piperidine rings is 1. The normalized spacial score (nSPS) is 19.3. The van der Waals surface area contributed by atoms with Crippen LogP contribution in [0.5, 0.6) is 0 Å². The maximum absolute atomic E-state index is 12.5. The minimum atomic E-state index is -0.562. The van der Waals surface area contributed by atoms with Crippen LogP contribution < -0.4 is 11.1 Å². The van der Waals surface area contributed by atoms with Gasteiger partial charge < -0.3 is 16.0 Å². The lowest BCUT2D eigenvalue weighted by atomic mass is 9.77. The summed E-state index contributed by atoms with van der Waals surface area (Å²) >= 11 is 0. The summed E-state index contributed by atoms with van der Waals surface area (Å²) < 4.78 is 0. The van der Waals surface area contributed by atoms with Crippen LogP contribution >= 0.6 is 0 Å². The molecular formula is C19H25N5O3. The first kappa shape index (κ1) is 20.4. The molecule has 1 aromatic rings. The number of nitrogens with two attached hydrogens (primary N) is 1. The molecule has 0 aromatic heterocycles. The summed E-state index contributed by atoms with van der Waals surface area (Å²) in [5, 5.41) is 22.8. The van der Waals surface area contributed by atoms with Crippen LogP contribution in [0.3, 0.4) is 0 Å². The Bertz CT molecular complexity index is 788. The van der Waals surface area contributed by atoms with E-state index in [-0.39, 0.29) is 28.4 Å². The lowest BCUT2D eigenvalue weighted by Gasteiger charge is -2.54. The minimum absolute atomic E-state index is 0.0371. The predicted octanol–water partition coefficient (Wildman–Crippen LogP) is 2.92. The largest absolute Gasteiger partial charge is 0.366 e. The number of anilines is 1. The Hall–Kier alpha value is -2.92. The van der Waals surface area contributed by atoms with Gasteiger partial charge >= 0.3 is 0 Å². The lowest BCUT2D eigenvalue weighted by molar-refractivity contribution is -0.384. The smallest absolute Gasteiger partial charge is 0.269 e. The number of amides is 1. The van der Waals surface area contributed by atoms with Crippen molar-refractivity contribution < 1.29 is 9.72 Å². The second-order valence-corrected chi connectivity index (χ2v) is 8.08. The number of likely N-dealkylation sites (tertiary alicyclic amines) is 1. The summed E-state index contributed by atoms with van der Waals surface area (Å²) in [4.78, 5) is 24.8. The molecule has 144 valence electrons. The zero-order valence-electron chi connectivity index (χ0n) is 16.0. The number of hydrogen-bond acceptors (Lipinski definition) is 6. The molecule has 0 aliphatic carbocycles. The van der Waals surface area contributed by atoms with Crippen LogP contribution in [0.2, 0.25) is 0 Å². The highest BCUT2D eigenvalue weighted by atomic mass is 16.6. The Labute approximate surface area is 158 Å². The maximum atomic E-state index is 12.5. The van der Waals surface area contributed by atoms with Crippen molar-refractivity contribution in [1.82, 2.24) is 4.90 Å². The summed E-state index contributed by atoms with van der Waals surface area (Å²) in [6, 6.07) is 7.46. The zero-order valence-corrected chi connectivity index (χ0v) is 16.0. The monoisotopic (exact) mass is 371 g/mol. The molecule has 3 N–H and O–H groups in total. The maximum Gasteiger partial charge on any atom is 0.269 e. The van der Waals surface area contributed by atoms with Crippen LogP contribution in [0.1, 0.15) is 40.5 Å². The minimum Gasteiger partial charge on any atom is -0.366 e. The van der Waals surface area contributed by atoms with Crippen molar-refractivity contribution in [3.05, 3.63) is 46.2 Å². The number of carbonyl (C=O) groups is 1. The second-order valence-electron chi connectivity index (χ2n) is 8.08. The highest BCUT2D eigenvalue weighted by Gasteiger charge is 2.43. The Morgan fingerprint density at radius 2 is 1.81 bits per heavy atom. The fourth-order valence-electron chi connectivity index (χ4n) is 3.85. The van der Waals surface area contributed by atoms with Crippen LogP contribution in [0, 0.1) is 21.4 Å². The van der Waals surface area contributed by atoms with Crippen molar-refractivity contribution in [3.63, 3.8) is 0 Å². The highest BCUT2D eigenvalue weighted by Crippen LogP contribution is 2.38. The van der Waals surface area contributed by atoms with E-state index in [9.17, 15) is 20.2 Å². The van der Waals surface area contributed by atoms with Crippen molar-refractivity contribution in [2.24, 2.45) is 5.73 Å². The molecule has 1 fully saturated rings. The molecule has 1 aliphatic heterocycles.